The van der Waals surface area contributed by atoms with Gasteiger partial charge in [-0.25, -0.2) is 0 Å². The van der Waals surface area contributed by atoms with Gasteiger partial charge in [0.25, 0.3) is 0 Å². The minimum Gasteiger partial charge on any atom is -0.357 e. The Labute approximate surface area is 189 Å². The average Bonchev–Trinajstić information content (AvgIpc) is 3.05. The van der Waals surface area contributed by atoms with Crippen LogP contribution in [0, 0.1) is 5.92 Å². The van der Waals surface area contributed by atoms with E-state index in [1.807, 2.05) is 43.9 Å². The highest BCUT2D eigenvalue weighted by Gasteiger charge is 2.27. The first kappa shape index (κ1) is 24.3. The number of nitrogens with zero attached hydrogens (tertiary/aromatic N) is 2. The quantitative estimate of drug-likeness (QED) is 0.335. The lowest BCUT2D eigenvalue weighted by Crippen LogP contribution is -2.45. The predicted molar refractivity (Wildman–Crippen MR) is 125 cm³/mol. The Morgan fingerprint density at radius 2 is 2.00 bits per heavy atom. The molecule has 0 saturated carbocycles. The normalized spacial score (nSPS) is 17.0. The maximum absolute atomic E-state index is 12.1. The van der Waals surface area contributed by atoms with Gasteiger partial charge in [-0.2, -0.15) is 0 Å². The number of benzene rings is 1. The summed E-state index contributed by atoms with van der Waals surface area (Å²) in [5.74, 6) is 1.01. The first-order valence-corrected chi connectivity index (χ1v) is 9.94. The summed E-state index contributed by atoms with van der Waals surface area (Å²) < 4.78 is 0. The van der Waals surface area contributed by atoms with E-state index in [2.05, 4.69) is 15.6 Å². The van der Waals surface area contributed by atoms with E-state index in [1.54, 1.807) is 0 Å². The van der Waals surface area contributed by atoms with Crippen molar-refractivity contribution >= 4 is 59.0 Å². The van der Waals surface area contributed by atoms with Crippen molar-refractivity contribution in [3.63, 3.8) is 0 Å². The van der Waals surface area contributed by atoms with Gasteiger partial charge in [0.05, 0.1) is 0 Å². The van der Waals surface area contributed by atoms with Crippen LogP contribution < -0.4 is 10.6 Å². The molecule has 152 valence electrons. The van der Waals surface area contributed by atoms with E-state index in [9.17, 15) is 4.79 Å². The zero-order valence-electron chi connectivity index (χ0n) is 16.1. The van der Waals surface area contributed by atoms with Gasteiger partial charge in [-0.3, -0.25) is 9.79 Å². The number of rotatable bonds is 6. The molecule has 0 aromatic heterocycles. The fourth-order valence-electron chi connectivity index (χ4n) is 3.01. The van der Waals surface area contributed by atoms with Crippen molar-refractivity contribution in [1.82, 2.24) is 15.5 Å². The number of hydrogen-bond donors (Lipinski definition) is 2. The molecule has 1 heterocycles. The van der Waals surface area contributed by atoms with Gasteiger partial charge < -0.3 is 15.5 Å². The Balaban J connectivity index is 0.00000364. The molecule has 2 rings (SSSR count). The Morgan fingerprint density at radius 3 is 2.59 bits per heavy atom. The molecular formula is C19H29Cl2IN4O. The third-order valence-corrected chi connectivity index (χ3v) is 5.08. The molecule has 1 aromatic carbocycles. The number of amides is 1. The number of nitrogens with one attached hydrogen (secondary N) is 2. The van der Waals surface area contributed by atoms with Crippen molar-refractivity contribution in [2.24, 2.45) is 10.9 Å². The molecule has 0 spiro atoms. The maximum Gasteiger partial charge on any atom is 0.225 e. The lowest BCUT2D eigenvalue weighted by molar-refractivity contribution is -0.133. The van der Waals surface area contributed by atoms with Gasteiger partial charge in [0.1, 0.15) is 0 Å². The van der Waals surface area contributed by atoms with Crippen molar-refractivity contribution < 1.29 is 4.79 Å². The second-order valence-corrected chi connectivity index (χ2v) is 7.59. The van der Waals surface area contributed by atoms with E-state index in [-0.39, 0.29) is 41.8 Å². The van der Waals surface area contributed by atoms with Crippen molar-refractivity contribution in [2.75, 3.05) is 26.2 Å². The highest BCUT2D eigenvalue weighted by molar-refractivity contribution is 14.0. The summed E-state index contributed by atoms with van der Waals surface area (Å²) in [7, 11) is 0. The molecule has 0 bridgehead atoms. The highest BCUT2D eigenvalue weighted by Crippen LogP contribution is 2.24. The van der Waals surface area contributed by atoms with Crippen LogP contribution in [0.3, 0.4) is 0 Å². The number of aliphatic imine (C=N–C) groups is 1. The summed E-state index contributed by atoms with van der Waals surface area (Å²) in [6, 6.07) is 5.75. The molecule has 0 aliphatic carbocycles. The largest absolute Gasteiger partial charge is 0.357 e. The standard InChI is InChI=1S/C19H28Cl2N4O.HI/c1-4-22-19(23-10-8-15-16(20)6-5-7-17(15)21)24-14-9-11-25(12-14)18(26)13(2)3;/h5-7,13-14H,4,8-12H2,1-3H3,(H2,22,23,24);1H. The SMILES string of the molecule is CCNC(=NCCc1c(Cl)cccc1Cl)NC1CCN(C(=O)C(C)C)C1.I. The molecule has 0 radical (unpaired) electrons. The van der Waals surface area contributed by atoms with Crippen molar-refractivity contribution in [1.29, 1.82) is 0 Å². The lowest BCUT2D eigenvalue weighted by Gasteiger charge is -2.20. The molecule has 1 aliphatic heterocycles. The Morgan fingerprint density at radius 1 is 1.33 bits per heavy atom. The fraction of sp³-hybridized carbons (Fsp3) is 0.579. The number of guanidine groups is 1. The zero-order chi connectivity index (χ0) is 19.1. The van der Waals surface area contributed by atoms with Crippen LogP contribution in [-0.4, -0.2) is 49.0 Å². The summed E-state index contributed by atoms with van der Waals surface area (Å²) in [5, 5.41) is 8.04. The van der Waals surface area contributed by atoms with Crippen molar-refractivity contribution in [3.05, 3.63) is 33.8 Å². The van der Waals surface area contributed by atoms with Crippen LogP contribution in [0.4, 0.5) is 0 Å². The van der Waals surface area contributed by atoms with Gasteiger partial charge in [-0.15, -0.1) is 24.0 Å². The third kappa shape index (κ3) is 7.31. The molecule has 27 heavy (non-hydrogen) atoms. The van der Waals surface area contributed by atoms with Crippen LogP contribution in [-0.2, 0) is 11.2 Å². The van der Waals surface area contributed by atoms with E-state index in [0.717, 1.165) is 37.6 Å². The molecule has 1 saturated heterocycles. The van der Waals surface area contributed by atoms with Gasteiger partial charge >= 0.3 is 0 Å². The van der Waals surface area contributed by atoms with E-state index < -0.39 is 0 Å². The number of likely N-dealkylation sites (tertiary alicyclic amines) is 1. The molecule has 5 nitrogen and oxygen atoms in total. The molecule has 1 unspecified atom stereocenters. The van der Waals surface area contributed by atoms with E-state index >= 15 is 0 Å². The molecule has 1 aliphatic rings. The van der Waals surface area contributed by atoms with Gasteiger partial charge in [-0.1, -0.05) is 43.1 Å². The fourth-order valence-corrected chi connectivity index (χ4v) is 3.59. The molecular weight excluding hydrogens is 498 g/mol. The van der Waals surface area contributed by atoms with Crippen LogP contribution in [0.5, 0.6) is 0 Å². The molecule has 1 amide bonds. The second-order valence-electron chi connectivity index (χ2n) is 6.78. The molecule has 1 fully saturated rings. The predicted octanol–water partition coefficient (Wildman–Crippen LogP) is 3.97. The Hall–Kier alpha value is -0.730. The number of halogens is 3. The van der Waals surface area contributed by atoms with Gasteiger partial charge in [0.15, 0.2) is 5.96 Å². The van der Waals surface area contributed by atoms with Gasteiger partial charge in [0, 0.05) is 48.2 Å². The minimum atomic E-state index is 0. The smallest absolute Gasteiger partial charge is 0.225 e. The average molecular weight is 527 g/mol. The van der Waals surface area contributed by atoms with E-state index in [0.29, 0.717) is 23.0 Å². The monoisotopic (exact) mass is 526 g/mol. The zero-order valence-corrected chi connectivity index (χ0v) is 19.9. The van der Waals surface area contributed by atoms with Crippen LogP contribution in [0.1, 0.15) is 32.8 Å². The maximum atomic E-state index is 12.1. The van der Waals surface area contributed by atoms with Crippen LogP contribution in [0.15, 0.2) is 23.2 Å². The molecule has 2 N–H and O–H groups in total. The van der Waals surface area contributed by atoms with E-state index in [1.165, 1.54) is 0 Å². The Bertz CT molecular complexity index is 634. The number of carbonyl (C=O) groups is 1. The minimum absolute atomic E-state index is 0. The second kappa shape index (κ2) is 12.0. The summed E-state index contributed by atoms with van der Waals surface area (Å²) in [6.45, 7) is 8.79. The molecule has 1 atom stereocenters. The van der Waals surface area contributed by atoms with Crippen LogP contribution in [0.25, 0.3) is 0 Å². The first-order valence-electron chi connectivity index (χ1n) is 9.18. The third-order valence-electron chi connectivity index (χ3n) is 4.37. The van der Waals surface area contributed by atoms with Gasteiger partial charge in [-0.05, 0) is 37.5 Å². The van der Waals surface area contributed by atoms with Crippen molar-refractivity contribution in [2.45, 2.75) is 39.7 Å². The number of hydrogen-bond acceptors (Lipinski definition) is 2. The lowest BCUT2D eigenvalue weighted by atomic mass is 10.1. The Kier molecular flexibility index (Phi) is 10.8. The number of carbonyl (C=O) groups excluding carboxylic acids is 1. The summed E-state index contributed by atoms with van der Waals surface area (Å²) in [4.78, 5) is 18.7. The summed E-state index contributed by atoms with van der Waals surface area (Å²) >= 11 is 12.4. The molecule has 8 heteroatoms. The van der Waals surface area contributed by atoms with Crippen LogP contribution in [0.2, 0.25) is 10.0 Å². The van der Waals surface area contributed by atoms with E-state index in [4.69, 9.17) is 23.2 Å². The summed E-state index contributed by atoms with van der Waals surface area (Å²) in [5.41, 5.74) is 0.921. The topological polar surface area (TPSA) is 56.7 Å². The van der Waals surface area contributed by atoms with Crippen molar-refractivity contribution in [3.8, 4) is 0 Å². The first-order chi connectivity index (χ1) is 12.4. The van der Waals surface area contributed by atoms with Crippen LogP contribution >= 0.6 is 47.2 Å². The highest BCUT2D eigenvalue weighted by atomic mass is 127. The molecule has 1 aromatic rings. The summed E-state index contributed by atoms with van der Waals surface area (Å²) in [6.07, 6.45) is 1.61. The van der Waals surface area contributed by atoms with Gasteiger partial charge in [0.2, 0.25) is 5.91 Å².